The normalized spacial score (nSPS) is 18.9. The number of hydrogen-bond donors (Lipinski definition) is 0. The molecule has 5 heteroatoms. The third-order valence-corrected chi connectivity index (χ3v) is 4.51. The Morgan fingerprint density at radius 1 is 0.957 bits per heavy atom. The van der Waals surface area contributed by atoms with Crippen LogP contribution in [0.25, 0.3) is 0 Å². The van der Waals surface area contributed by atoms with Crippen LogP contribution in [-0.4, -0.2) is 23.3 Å². The topological polar surface area (TPSA) is 40.6 Å². The molecule has 23 heavy (non-hydrogen) atoms. The van der Waals surface area contributed by atoms with Crippen LogP contribution in [0.2, 0.25) is 0 Å². The van der Waals surface area contributed by atoms with Crippen LogP contribution in [-0.2, 0) is 15.9 Å². The Morgan fingerprint density at radius 3 is 2.17 bits per heavy atom. The molecule has 0 spiro atoms. The van der Waals surface area contributed by atoms with E-state index >= 15 is 0 Å². The average Bonchev–Trinajstić information content (AvgIpc) is 2.75. The maximum Gasteiger partial charge on any atom is 0.496 e. The lowest BCUT2D eigenvalue weighted by Crippen LogP contribution is -2.41. The van der Waals surface area contributed by atoms with Gasteiger partial charge in [-0.15, -0.1) is 0 Å². The Labute approximate surface area is 137 Å². The van der Waals surface area contributed by atoms with Crippen molar-refractivity contribution in [1.82, 2.24) is 4.98 Å². The lowest BCUT2D eigenvalue weighted by molar-refractivity contribution is 0.00578. The number of pyridine rings is 1. The maximum absolute atomic E-state index is 6.02. The molecule has 1 aliphatic heterocycles. The van der Waals surface area contributed by atoms with Crippen molar-refractivity contribution in [2.45, 2.75) is 45.5 Å². The number of aromatic nitrogens is 1. The Balaban J connectivity index is 1.64. The summed E-state index contributed by atoms with van der Waals surface area (Å²) in [7, 11) is -0.393. The fraction of sp³-hybridized carbons (Fsp3) is 0.389. The van der Waals surface area contributed by atoms with E-state index in [9.17, 15) is 0 Å². The van der Waals surface area contributed by atoms with E-state index in [1.807, 2.05) is 70.2 Å². The monoisotopic (exact) mass is 311 g/mol. The van der Waals surface area contributed by atoms with E-state index in [2.05, 4.69) is 4.98 Å². The summed E-state index contributed by atoms with van der Waals surface area (Å²) in [5.74, 6) is 0.592. The van der Waals surface area contributed by atoms with Crippen molar-refractivity contribution in [3.05, 3.63) is 54.2 Å². The molecule has 4 nitrogen and oxygen atoms in total. The standard InChI is InChI=1S/C18H22BNO3/c1-17(2)18(3,4)23-19(22-17)15-10-11-16(20-12-15)21-13-14-8-6-5-7-9-14/h5-12H,13H2,1-4H3. The van der Waals surface area contributed by atoms with Gasteiger partial charge in [0.1, 0.15) is 6.61 Å². The smallest absolute Gasteiger partial charge is 0.473 e. The summed E-state index contributed by atoms with van der Waals surface area (Å²) in [6.07, 6.45) is 1.75. The van der Waals surface area contributed by atoms with Gasteiger partial charge in [0.2, 0.25) is 5.88 Å². The van der Waals surface area contributed by atoms with E-state index in [0.29, 0.717) is 12.5 Å². The highest BCUT2D eigenvalue weighted by Gasteiger charge is 2.51. The zero-order valence-electron chi connectivity index (χ0n) is 14.1. The second kappa shape index (κ2) is 5.98. The molecule has 0 unspecified atom stereocenters. The molecular formula is C18H22BNO3. The molecule has 1 aromatic heterocycles. The van der Waals surface area contributed by atoms with Crippen LogP contribution in [0.1, 0.15) is 33.3 Å². The van der Waals surface area contributed by atoms with Gasteiger partial charge in [-0.05, 0) is 39.3 Å². The number of ether oxygens (including phenoxy) is 1. The molecule has 1 aliphatic rings. The molecule has 3 rings (SSSR count). The fourth-order valence-corrected chi connectivity index (χ4v) is 2.33. The van der Waals surface area contributed by atoms with Crippen molar-refractivity contribution in [1.29, 1.82) is 0 Å². The summed E-state index contributed by atoms with van der Waals surface area (Å²) in [4.78, 5) is 4.35. The second-order valence-electron chi connectivity index (χ2n) is 6.79. The predicted molar refractivity (Wildman–Crippen MR) is 90.7 cm³/mol. The summed E-state index contributed by atoms with van der Waals surface area (Å²) in [6, 6.07) is 13.8. The molecular weight excluding hydrogens is 289 g/mol. The molecule has 120 valence electrons. The maximum atomic E-state index is 6.02. The van der Waals surface area contributed by atoms with Crippen LogP contribution < -0.4 is 10.2 Å². The second-order valence-corrected chi connectivity index (χ2v) is 6.79. The first-order valence-corrected chi connectivity index (χ1v) is 7.86. The van der Waals surface area contributed by atoms with Crippen LogP contribution in [0.4, 0.5) is 0 Å². The minimum absolute atomic E-state index is 0.347. The van der Waals surface area contributed by atoms with E-state index < -0.39 is 7.12 Å². The zero-order valence-corrected chi connectivity index (χ0v) is 14.1. The lowest BCUT2D eigenvalue weighted by Gasteiger charge is -2.32. The van der Waals surface area contributed by atoms with Crippen LogP contribution in [0.5, 0.6) is 5.88 Å². The van der Waals surface area contributed by atoms with E-state index in [1.54, 1.807) is 6.20 Å². The number of nitrogens with zero attached hydrogens (tertiary/aromatic N) is 1. The Hall–Kier alpha value is -1.85. The first-order valence-electron chi connectivity index (χ1n) is 7.86. The quantitative estimate of drug-likeness (QED) is 0.814. The highest BCUT2D eigenvalue weighted by molar-refractivity contribution is 6.62. The minimum Gasteiger partial charge on any atom is -0.473 e. The van der Waals surface area contributed by atoms with Crippen LogP contribution in [0.15, 0.2) is 48.7 Å². The van der Waals surface area contributed by atoms with Gasteiger partial charge in [0, 0.05) is 11.7 Å². The third kappa shape index (κ3) is 3.41. The molecule has 1 saturated heterocycles. The van der Waals surface area contributed by atoms with Gasteiger partial charge in [-0.3, -0.25) is 0 Å². The summed E-state index contributed by atoms with van der Waals surface area (Å²) in [6.45, 7) is 8.66. The third-order valence-electron chi connectivity index (χ3n) is 4.51. The van der Waals surface area contributed by atoms with Crippen molar-refractivity contribution in [2.24, 2.45) is 0 Å². The van der Waals surface area contributed by atoms with E-state index in [4.69, 9.17) is 14.0 Å². The summed E-state index contributed by atoms with van der Waals surface area (Å²) in [5, 5.41) is 0. The van der Waals surface area contributed by atoms with Crippen LogP contribution in [0, 0.1) is 0 Å². The van der Waals surface area contributed by atoms with Crippen molar-refractivity contribution >= 4 is 12.6 Å². The molecule has 0 N–H and O–H groups in total. The van der Waals surface area contributed by atoms with Crippen molar-refractivity contribution in [2.75, 3.05) is 0 Å². The van der Waals surface area contributed by atoms with Gasteiger partial charge in [-0.2, -0.15) is 0 Å². The largest absolute Gasteiger partial charge is 0.496 e. The van der Waals surface area contributed by atoms with Gasteiger partial charge in [-0.1, -0.05) is 36.4 Å². The summed E-state index contributed by atoms with van der Waals surface area (Å²) >= 11 is 0. The zero-order chi connectivity index (χ0) is 16.5. The Kier molecular flexibility index (Phi) is 4.17. The van der Waals surface area contributed by atoms with Gasteiger partial charge in [-0.25, -0.2) is 4.98 Å². The average molecular weight is 311 g/mol. The number of benzene rings is 1. The van der Waals surface area contributed by atoms with E-state index in [0.717, 1.165) is 11.0 Å². The van der Waals surface area contributed by atoms with Crippen molar-refractivity contribution in [3.63, 3.8) is 0 Å². The summed E-state index contributed by atoms with van der Waals surface area (Å²) < 4.78 is 17.7. The van der Waals surface area contributed by atoms with Gasteiger partial charge in [0.05, 0.1) is 11.2 Å². The number of rotatable bonds is 4. The van der Waals surface area contributed by atoms with Gasteiger partial charge < -0.3 is 14.0 Å². The van der Waals surface area contributed by atoms with Gasteiger partial charge in [0.25, 0.3) is 0 Å². The summed E-state index contributed by atoms with van der Waals surface area (Å²) in [5.41, 5.74) is 1.32. The van der Waals surface area contributed by atoms with E-state index in [1.165, 1.54) is 0 Å². The molecule has 0 atom stereocenters. The van der Waals surface area contributed by atoms with Crippen LogP contribution >= 0.6 is 0 Å². The van der Waals surface area contributed by atoms with Crippen molar-refractivity contribution in [3.8, 4) is 5.88 Å². The fourth-order valence-electron chi connectivity index (χ4n) is 2.33. The SMILES string of the molecule is CC1(C)OB(c2ccc(OCc3ccccc3)nc2)OC1(C)C. The van der Waals surface area contributed by atoms with Gasteiger partial charge in [0.15, 0.2) is 0 Å². The van der Waals surface area contributed by atoms with Crippen LogP contribution in [0.3, 0.4) is 0 Å². The molecule has 0 saturated carbocycles. The van der Waals surface area contributed by atoms with E-state index in [-0.39, 0.29) is 11.2 Å². The molecule has 1 fully saturated rings. The lowest BCUT2D eigenvalue weighted by atomic mass is 9.80. The molecule has 0 bridgehead atoms. The first kappa shape index (κ1) is 16.0. The molecule has 2 aromatic rings. The highest BCUT2D eigenvalue weighted by atomic mass is 16.7. The van der Waals surface area contributed by atoms with Crippen molar-refractivity contribution < 1.29 is 14.0 Å². The molecule has 0 aliphatic carbocycles. The molecule has 0 radical (unpaired) electrons. The Bertz CT molecular complexity index is 640. The Morgan fingerprint density at radius 2 is 1.61 bits per heavy atom. The molecule has 1 aromatic carbocycles. The molecule has 0 amide bonds. The number of hydrogen-bond acceptors (Lipinski definition) is 4. The van der Waals surface area contributed by atoms with Gasteiger partial charge >= 0.3 is 7.12 Å². The highest BCUT2D eigenvalue weighted by Crippen LogP contribution is 2.36. The minimum atomic E-state index is -0.393. The predicted octanol–water partition coefficient (Wildman–Crippen LogP) is 2.96. The first-order chi connectivity index (χ1) is 10.9. The molecule has 2 heterocycles.